The van der Waals surface area contributed by atoms with Crippen LogP contribution in [0, 0.1) is 5.92 Å². The van der Waals surface area contributed by atoms with Crippen LogP contribution in [0.2, 0.25) is 5.02 Å². The highest BCUT2D eigenvalue weighted by molar-refractivity contribution is 6.34. The Hall–Kier alpha value is -1.30. The van der Waals surface area contributed by atoms with Gasteiger partial charge in [-0.2, -0.15) is 0 Å². The molecule has 0 aliphatic carbocycles. The lowest BCUT2D eigenvalue weighted by molar-refractivity contribution is -0.116. The summed E-state index contributed by atoms with van der Waals surface area (Å²) in [6.45, 7) is 5.46. The third-order valence-corrected chi connectivity index (χ3v) is 5.21. The van der Waals surface area contributed by atoms with Gasteiger partial charge < -0.3 is 15.5 Å². The van der Waals surface area contributed by atoms with Gasteiger partial charge in [-0.15, -0.1) is 12.4 Å². The topological polar surface area (TPSA) is 61.4 Å². The Morgan fingerprint density at radius 1 is 1.27 bits per heavy atom. The number of carbonyl (C=O) groups is 2. The van der Waals surface area contributed by atoms with Crippen molar-refractivity contribution in [1.29, 1.82) is 0 Å². The maximum absolute atomic E-state index is 13.0. The first-order chi connectivity index (χ1) is 11.9. The lowest BCUT2D eigenvalue weighted by atomic mass is 10.1. The summed E-state index contributed by atoms with van der Waals surface area (Å²) in [7, 11) is 0. The van der Waals surface area contributed by atoms with Crippen LogP contribution < -0.4 is 10.6 Å². The molecular weight excluding hydrogens is 373 g/mol. The Labute approximate surface area is 166 Å². The Morgan fingerprint density at radius 3 is 2.73 bits per heavy atom. The summed E-state index contributed by atoms with van der Waals surface area (Å²) in [5.41, 5.74) is 1.08. The van der Waals surface area contributed by atoms with Gasteiger partial charge in [0.15, 0.2) is 0 Å². The molecule has 0 aromatic heterocycles. The fourth-order valence-electron chi connectivity index (χ4n) is 3.65. The quantitative estimate of drug-likeness (QED) is 0.810. The molecule has 144 valence electrons. The van der Waals surface area contributed by atoms with Gasteiger partial charge in [0.1, 0.15) is 0 Å². The monoisotopic (exact) mass is 399 g/mol. The molecule has 2 amide bonds. The van der Waals surface area contributed by atoms with Gasteiger partial charge in [0, 0.05) is 37.3 Å². The largest absolute Gasteiger partial charge is 0.337 e. The number of amides is 2. The summed E-state index contributed by atoms with van der Waals surface area (Å²) in [6.07, 6.45) is 3.75. The normalized spacial score (nSPS) is 21.9. The van der Waals surface area contributed by atoms with E-state index in [4.69, 9.17) is 11.6 Å². The molecule has 1 aromatic rings. The van der Waals surface area contributed by atoms with Gasteiger partial charge in [0.25, 0.3) is 5.91 Å². The molecule has 2 N–H and O–H groups in total. The van der Waals surface area contributed by atoms with Crippen LogP contribution >= 0.6 is 24.0 Å². The number of anilines is 1. The van der Waals surface area contributed by atoms with E-state index >= 15 is 0 Å². The molecule has 1 aromatic carbocycles. The van der Waals surface area contributed by atoms with Gasteiger partial charge in [-0.3, -0.25) is 9.59 Å². The number of hydrogen-bond donors (Lipinski definition) is 2. The molecule has 5 nitrogen and oxygen atoms in total. The lowest BCUT2D eigenvalue weighted by Crippen LogP contribution is -2.39. The second-order valence-electron chi connectivity index (χ2n) is 7.52. The van der Waals surface area contributed by atoms with Crippen molar-refractivity contribution in [1.82, 2.24) is 10.2 Å². The van der Waals surface area contributed by atoms with Gasteiger partial charge in [-0.25, -0.2) is 0 Å². The van der Waals surface area contributed by atoms with Crippen molar-refractivity contribution in [3.8, 4) is 0 Å². The zero-order chi connectivity index (χ0) is 18.0. The van der Waals surface area contributed by atoms with E-state index in [0.29, 0.717) is 34.8 Å². The van der Waals surface area contributed by atoms with Crippen LogP contribution in [0.15, 0.2) is 18.2 Å². The third kappa shape index (κ3) is 5.12. The van der Waals surface area contributed by atoms with E-state index in [2.05, 4.69) is 10.6 Å². The van der Waals surface area contributed by atoms with Crippen LogP contribution in [0.25, 0.3) is 0 Å². The van der Waals surface area contributed by atoms with Crippen molar-refractivity contribution in [2.45, 2.75) is 51.6 Å². The minimum Gasteiger partial charge on any atom is -0.337 e. The molecular formula is C19H27Cl2N3O2. The maximum Gasteiger partial charge on any atom is 0.255 e. The first-order valence-corrected chi connectivity index (χ1v) is 9.45. The van der Waals surface area contributed by atoms with Crippen molar-refractivity contribution >= 4 is 41.5 Å². The zero-order valence-electron chi connectivity index (χ0n) is 15.3. The van der Waals surface area contributed by atoms with Gasteiger partial charge >= 0.3 is 0 Å². The van der Waals surface area contributed by atoms with E-state index < -0.39 is 0 Å². The van der Waals surface area contributed by atoms with E-state index in [-0.39, 0.29) is 30.1 Å². The first kappa shape index (κ1) is 21.0. The van der Waals surface area contributed by atoms with Crippen LogP contribution in [0.1, 0.15) is 49.9 Å². The fraction of sp³-hybridized carbons (Fsp3) is 0.579. The fourth-order valence-corrected chi connectivity index (χ4v) is 3.85. The summed E-state index contributed by atoms with van der Waals surface area (Å²) in [4.78, 5) is 26.8. The van der Waals surface area contributed by atoms with E-state index in [1.807, 2.05) is 18.7 Å². The molecule has 3 rings (SSSR count). The average Bonchev–Trinajstić information content (AvgIpc) is 2.87. The summed E-state index contributed by atoms with van der Waals surface area (Å²) >= 11 is 6.28. The van der Waals surface area contributed by atoms with E-state index in [1.54, 1.807) is 18.2 Å². The highest BCUT2D eigenvalue weighted by Gasteiger charge is 2.32. The Balaban J connectivity index is 0.00000243. The Kier molecular flexibility index (Phi) is 7.33. The molecule has 2 heterocycles. The van der Waals surface area contributed by atoms with E-state index in [1.165, 1.54) is 6.42 Å². The molecule has 2 atom stereocenters. The van der Waals surface area contributed by atoms with Gasteiger partial charge in [0.2, 0.25) is 5.91 Å². The van der Waals surface area contributed by atoms with Crippen LogP contribution in [0.5, 0.6) is 0 Å². The predicted octanol–water partition coefficient (Wildman–Crippen LogP) is 3.71. The number of likely N-dealkylation sites (tertiary alicyclic amines) is 1. The maximum atomic E-state index is 13.0. The highest BCUT2D eigenvalue weighted by atomic mass is 35.5. The molecule has 2 bridgehead atoms. The third-order valence-electron chi connectivity index (χ3n) is 4.88. The standard InChI is InChI=1S/C19H26ClN3O2.ClH/c1-12(2)9-18(24)22-14-5-6-17(20)16(10-14)19(25)23-8-7-13-3-4-15(11-23)21-13;/h5-6,10,12-13,15,21H,3-4,7-9,11H2,1-2H3,(H,22,24);1H. The average molecular weight is 400 g/mol. The number of rotatable bonds is 4. The first-order valence-electron chi connectivity index (χ1n) is 9.07. The lowest BCUT2D eigenvalue weighted by Gasteiger charge is -2.25. The molecule has 2 aliphatic rings. The number of nitrogens with one attached hydrogen (secondary N) is 2. The van der Waals surface area contributed by atoms with Crippen molar-refractivity contribution in [3.05, 3.63) is 28.8 Å². The van der Waals surface area contributed by atoms with Crippen LogP contribution in [0.4, 0.5) is 5.69 Å². The molecule has 26 heavy (non-hydrogen) atoms. The predicted molar refractivity (Wildman–Crippen MR) is 107 cm³/mol. The summed E-state index contributed by atoms with van der Waals surface area (Å²) < 4.78 is 0. The van der Waals surface area contributed by atoms with Crippen LogP contribution in [-0.4, -0.2) is 41.9 Å². The molecule has 0 radical (unpaired) electrons. The SMILES string of the molecule is CC(C)CC(=O)Nc1ccc(Cl)c(C(=O)N2CCC3CCC(C2)N3)c1.Cl. The molecule has 2 aliphatic heterocycles. The van der Waals surface area contributed by atoms with E-state index in [0.717, 1.165) is 25.9 Å². The minimum absolute atomic E-state index is 0. The van der Waals surface area contributed by atoms with Crippen molar-refractivity contribution in [2.75, 3.05) is 18.4 Å². The van der Waals surface area contributed by atoms with Crippen molar-refractivity contribution in [2.24, 2.45) is 5.92 Å². The number of carbonyl (C=O) groups excluding carboxylic acids is 2. The molecule has 2 fully saturated rings. The second kappa shape index (κ2) is 9.07. The Bertz CT molecular complexity index is 666. The van der Waals surface area contributed by atoms with E-state index in [9.17, 15) is 9.59 Å². The van der Waals surface area contributed by atoms with Crippen molar-refractivity contribution < 1.29 is 9.59 Å². The van der Waals surface area contributed by atoms with Crippen molar-refractivity contribution in [3.63, 3.8) is 0 Å². The summed E-state index contributed by atoms with van der Waals surface area (Å²) in [6, 6.07) is 6.02. The second-order valence-corrected chi connectivity index (χ2v) is 7.93. The summed E-state index contributed by atoms with van der Waals surface area (Å²) in [5.74, 6) is 0.180. The molecule has 2 saturated heterocycles. The number of nitrogens with zero attached hydrogens (tertiary/aromatic N) is 1. The van der Waals surface area contributed by atoms with Gasteiger partial charge in [0.05, 0.1) is 10.6 Å². The molecule has 0 spiro atoms. The smallest absolute Gasteiger partial charge is 0.255 e. The van der Waals surface area contributed by atoms with Gasteiger partial charge in [-0.1, -0.05) is 25.4 Å². The zero-order valence-corrected chi connectivity index (χ0v) is 16.8. The number of hydrogen-bond acceptors (Lipinski definition) is 3. The molecule has 0 saturated carbocycles. The van der Waals surface area contributed by atoms with Crippen LogP contribution in [0.3, 0.4) is 0 Å². The molecule has 2 unspecified atom stereocenters. The number of halogens is 2. The molecule has 7 heteroatoms. The number of fused-ring (bicyclic) bond motifs is 2. The minimum atomic E-state index is -0.0562. The Morgan fingerprint density at radius 2 is 2.00 bits per heavy atom. The summed E-state index contributed by atoms with van der Waals surface area (Å²) in [5, 5.41) is 6.86. The number of benzene rings is 1. The van der Waals surface area contributed by atoms with Crippen LogP contribution in [-0.2, 0) is 4.79 Å². The van der Waals surface area contributed by atoms with Gasteiger partial charge in [-0.05, 0) is 43.4 Å². The highest BCUT2D eigenvalue weighted by Crippen LogP contribution is 2.26.